The second kappa shape index (κ2) is 8.83. The summed E-state index contributed by atoms with van der Waals surface area (Å²) in [4.78, 5) is 11.8. The summed E-state index contributed by atoms with van der Waals surface area (Å²) in [6.07, 6.45) is 2.00. The predicted octanol–water partition coefficient (Wildman–Crippen LogP) is 3.10. The van der Waals surface area contributed by atoms with Gasteiger partial charge in [0, 0.05) is 18.7 Å². The molecule has 0 aliphatic heterocycles. The summed E-state index contributed by atoms with van der Waals surface area (Å²) in [5.74, 6) is 0.949. The first-order valence-electron chi connectivity index (χ1n) is 7.94. The maximum atomic E-state index is 11.8. The van der Waals surface area contributed by atoms with E-state index < -0.39 is 0 Å². The maximum absolute atomic E-state index is 11.8. The topological polar surface area (TPSA) is 64.3 Å². The molecule has 2 rings (SSSR count). The van der Waals surface area contributed by atoms with Gasteiger partial charge in [0.05, 0.1) is 6.61 Å². The van der Waals surface area contributed by atoms with Crippen LogP contribution in [0.4, 0.5) is 5.69 Å². The van der Waals surface area contributed by atoms with Gasteiger partial charge in [-0.3, -0.25) is 4.79 Å². The number of carbonyl (C=O) groups excluding carboxylic acids is 1. The molecule has 1 amide bonds. The molecule has 122 valence electrons. The zero-order chi connectivity index (χ0) is 16.5. The van der Waals surface area contributed by atoms with Crippen LogP contribution in [0.2, 0.25) is 0 Å². The van der Waals surface area contributed by atoms with E-state index in [1.54, 1.807) is 0 Å². The Morgan fingerprint density at radius 2 is 1.87 bits per heavy atom. The predicted molar refractivity (Wildman–Crippen MR) is 93.5 cm³/mol. The number of nitrogen functional groups attached to an aromatic ring is 1. The molecule has 0 saturated carbocycles. The minimum Gasteiger partial charge on any atom is -0.493 e. The highest BCUT2D eigenvalue weighted by Crippen LogP contribution is 2.16. The summed E-state index contributed by atoms with van der Waals surface area (Å²) in [7, 11) is 0. The van der Waals surface area contributed by atoms with Crippen LogP contribution >= 0.6 is 0 Å². The van der Waals surface area contributed by atoms with E-state index in [2.05, 4.69) is 5.32 Å². The van der Waals surface area contributed by atoms with E-state index in [-0.39, 0.29) is 5.91 Å². The summed E-state index contributed by atoms with van der Waals surface area (Å²) in [5, 5.41) is 2.93. The van der Waals surface area contributed by atoms with Gasteiger partial charge in [-0.25, -0.2) is 0 Å². The second-order valence-corrected chi connectivity index (χ2v) is 5.56. The minimum atomic E-state index is 0.0637. The summed E-state index contributed by atoms with van der Waals surface area (Å²) in [5.41, 5.74) is 8.68. The van der Waals surface area contributed by atoms with Crippen LogP contribution in [0.15, 0.2) is 48.5 Å². The van der Waals surface area contributed by atoms with Crippen molar-refractivity contribution in [2.45, 2.75) is 26.2 Å². The molecule has 0 atom stereocenters. The van der Waals surface area contributed by atoms with Crippen LogP contribution in [0, 0.1) is 6.92 Å². The highest BCUT2D eigenvalue weighted by atomic mass is 16.5. The molecule has 0 aromatic heterocycles. The number of hydrogen-bond acceptors (Lipinski definition) is 3. The van der Waals surface area contributed by atoms with Crippen molar-refractivity contribution in [3.8, 4) is 5.75 Å². The van der Waals surface area contributed by atoms with Crippen molar-refractivity contribution in [3.63, 3.8) is 0 Å². The van der Waals surface area contributed by atoms with Gasteiger partial charge < -0.3 is 15.8 Å². The van der Waals surface area contributed by atoms with Crippen LogP contribution in [-0.2, 0) is 11.2 Å². The SMILES string of the molecule is Cc1ccccc1OCCCC(=O)NCCc1ccc(N)cc1. The van der Waals surface area contributed by atoms with Crippen molar-refractivity contribution in [3.05, 3.63) is 59.7 Å². The van der Waals surface area contributed by atoms with Gasteiger partial charge in [0.25, 0.3) is 0 Å². The van der Waals surface area contributed by atoms with Gasteiger partial charge >= 0.3 is 0 Å². The molecule has 4 heteroatoms. The van der Waals surface area contributed by atoms with E-state index >= 15 is 0 Å². The molecule has 4 nitrogen and oxygen atoms in total. The fourth-order valence-electron chi connectivity index (χ4n) is 2.25. The monoisotopic (exact) mass is 312 g/mol. The molecule has 0 bridgehead atoms. The minimum absolute atomic E-state index is 0.0637. The Balaban J connectivity index is 1.58. The number of para-hydroxylation sites is 1. The van der Waals surface area contributed by atoms with Crippen LogP contribution in [0.1, 0.15) is 24.0 Å². The summed E-state index contributed by atoms with van der Waals surface area (Å²) < 4.78 is 5.68. The van der Waals surface area contributed by atoms with E-state index in [0.29, 0.717) is 26.0 Å². The lowest BCUT2D eigenvalue weighted by Crippen LogP contribution is -2.25. The van der Waals surface area contributed by atoms with Gasteiger partial charge in [-0.15, -0.1) is 0 Å². The normalized spacial score (nSPS) is 10.3. The lowest BCUT2D eigenvalue weighted by atomic mass is 10.1. The Hall–Kier alpha value is -2.49. The second-order valence-electron chi connectivity index (χ2n) is 5.56. The third-order valence-corrected chi connectivity index (χ3v) is 3.61. The first kappa shape index (κ1) is 16.9. The number of aryl methyl sites for hydroxylation is 1. The number of anilines is 1. The van der Waals surface area contributed by atoms with Gasteiger partial charge in [-0.2, -0.15) is 0 Å². The van der Waals surface area contributed by atoms with Crippen LogP contribution in [-0.4, -0.2) is 19.1 Å². The van der Waals surface area contributed by atoms with Crippen LogP contribution in [0.3, 0.4) is 0 Å². The molecular weight excluding hydrogens is 288 g/mol. The third-order valence-electron chi connectivity index (χ3n) is 3.61. The number of ether oxygens (including phenoxy) is 1. The Kier molecular flexibility index (Phi) is 6.48. The molecule has 3 N–H and O–H groups in total. The van der Waals surface area contributed by atoms with Crippen molar-refractivity contribution in [2.75, 3.05) is 18.9 Å². The summed E-state index contributed by atoms with van der Waals surface area (Å²) >= 11 is 0. The smallest absolute Gasteiger partial charge is 0.220 e. The molecule has 0 saturated heterocycles. The number of hydrogen-bond donors (Lipinski definition) is 2. The van der Waals surface area contributed by atoms with Gasteiger partial charge in [-0.1, -0.05) is 30.3 Å². The molecule has 2 aromatic carbocycles. The molecule has 0 aliphatic rings. The van der Waals surface area contributed by atoms with E-state index in [0.717, 1.165) is 23.4 Å². The number of nitrogens with one attached hydrogen (secondary N) is 1. The van der Waals surface area contributed by atoms with Gasteiger partial charge in [0.1, 0.15) is 5.75 Å². The average Bonchev–Trinajstić information content (AvgIpc) is 2.55. The molecular formula is C19H24N2O2. The molecule has 0 radical (unpaired) electrons. The van der Waals surface area contributed by atoms with Crippen molar-refractivity contribution >= 4 is 11.6 Å². The fourth-order valence-corrected chi connectivity index (χ4v) is 2.25. The Bertz CT molecular complexity index is 624. The van der Waals surface area contributed by atoms with Crippen molar-refractivity contribution in [1.82, 2.24) is 5.32 Å². The van der Waals surface area contributed by atoms with Gasteiger partial charge in [0.15, 0.2) is 0 Å². The average molecular weight is 312 g/mol. The van der Waals surface area contributed by atoms with Crippen LogP contribution in [0.25, 0.3) is 0 Å². The lowest BCUT2D eigenvalue weighted by Gasteiger charge is -2.09. The molecule has 0 heterocycles. The van der Waals surface area contributed by atoms with E-state index in [1.807, 2.05) is 55.5 Å². The van der Waals surface area contributed by atoms with Crippen LogP contribution in [0.5, 0.6) is 5.75 Å². The molecule has 2 aromatic rings. The number of carbonyl (C=O) groups is 1. The van der Waals surface area contributed by atoms with Crippen molar-refractivity contribution in [1.29, 1.82) is 0 Å². The molecule has 23 heavy (non-hydrogen) atoms. The highest BCUT2D eigenvalue weighted by Gasteiger charge is 2.02. The molecule has 0 fully saturated rings. The first-order chi connectivity index (χ1) is 11.1. The first-order valence-corrected chi connectivity index (χ1v) is 7.94. The van der Waals surface area contributed by atoms with E-state index in [4.69, 9.17) is 10.5 Å². The number of benzene rings is 2. The molecule has 0 spiro atoms. The Morgan fingerprint density at radius 1 is 1.13 bits per heavy atom. The maximum Gasteiger partial charge on any atom is 0.220 e. The largest absolute Gasteiger partial charge is 0.493 e. The lowest BCUT2D eigenvalue weighted by molar-refractivity contribution is -0.121. The van der Waals surface area contributed by atoms with Gasteiger partial charge in [-0.05, 0) is 49.1 Å². The summed E-state index contributed by atoms with van der Waals surface area (Å²) in [6.45, 7) is 3.21. The molecule has 0 aliphatic carbocycles. The Morgan fingerprint density at radius 3 is 2.61 bits per heavy atom. The van der Waals surface area contributed by atoms with Crippen molar-refractivity contribution in [2.24, 2.45) is 0 Å². The Labute approximate surface area is 137 Å². The molecule has 0 unspecified atom stereocenters. The summed E-state index contributed by atoms with van der Waals surface area (Å²) in [6, 6.07) is 15.6. The standard InChI is InChI=1S/C19H24N2O2/c1-15-5-2-3-6-18(15)23-14-4-7-19(22)21-13-12-16-8-10-17(20)11-9-16/h2-3,5-6,8-11H,4,7,12-14,20H2,1H3,(H,21,22). The van der Waals surface area contributed by atoms with E-state index in [9.17, 15) is 4.79 Å². The number of rotatable bonds is 8. The zero-order valence-electron chi connectivity index (χ0n) is 13.5. The van der Waals surface area contributed by atoms with E-state index in [1.165, 1.54) is 5.56 Å². The zero-order valence-corrected chi connectivity index (χ0v) is 13.5. The van der Waals surface area contributed by atoms with Crippen molar-refractivity contribution < 1.29 is 9.53 Å². The quantitative estimate of drug-likeness (QED) is 0.581. The van der Waals surface area contributed by atoms with Gasteiger partial charge in [0.2, 0.25) is 5.91 Å². The number of nitrogens with two attached hydrogens (primary N) is 1. The number of amides is 1. The highest BCUT2D eigenvalue weighted by molar-refractivity contribution is 5.75. The fraction of sp³-hybridized carbons (Fsp3) is 0.316. The third kappa shape index (κ3) is 6.02. The van der Waals surface area contributed by atoms with Crippen LogP contribution < -0.4 is 15.8 Å².